The van der Waals surface area contributed by atoms with E-state index in [1.807, 2.05) is 13.8 Å². The van der Waals surface area contributed by atoms with E-state index < -0.39 is 41.0 Å². The molecule has 1 aliphatic carbocycles. The van der Waals surface area contributed by atoms with Crippen LogP contribution in [0.3, 0.4) is 0 Å². The highest BCUT2D eigenvalue weighted by atomic mass is 35.5. The molecular formula is C34H36ClF4N7O4. The first-order chi connectivity index (χ1) is 23.6. The number of amides is 1. The van der Waals surface area contributed by atoms with E-state index in [4.69, 9.17) is 27.1 Å². The molecule has 11 nitrogen and oxygen atoms in total. The predicted octanol–water partition coefficient (Wildman–Crippen LogP) is 6.87. The molecule has 1 aliphatic heterocycles. The number of pyridine rings is 1. The van der Waals surface area contributed by atoms with Gasteiger partial charge in [-0.2, -0.15) is 13.2 Å². The third kappa shape index (κ3) is 6.49. The molecule has 2 fully saturated rings. The third-order valence-corrected chi connectivity index (χ3v) is 10.4. The number of halogens is 5. The maximum atomic E-state index is 15.8. The molecule has 1 saturated carbocycles. The summed E-state index contributed by atoms with van der Waals surface area (Å²) in [6.07, 6.45) is -0.443. The second-order valence-corrected chi connectivity index (χ2v) is 13.6. The molecule has 3 aromatic heterocycles. The lowest BCUT2D eigenvalue weighted by molar-refractivity contribution is -0.157. The van der Waals surface area contributed by atoms with Gasteiger partial charge in [0.1, 0.15) is 45.7 Å². The molecular weight excluding hydrogens is 682 g/mol. The number of carbonyl (C=O) groups excluding carboxylic acids is 1. The van der Waals surface area contributed by atoms with Gasteiger partial charge in [-0.25, -0.2) is 19.3 Å². The second-order valence-electron chi connectivity index (χ2n) is 13.3. The van der Waals surface area contributed by atoms with Gasteiger partial charge in [0, 0.05) is 36.0 Å². The molecule has 0 radical (unpaired) electrons. The summed E-state index contributed by atoms with van der Waals surface area (Å²) in [4.78, 5) is 40.1. The molecule has 1 saturated heterocycles. The molecule has 16 heteroatoms. The molecule has 50 heavy (non-hydrogen) atoms. The minimum absolute atomic E-state index is 0.00270. The van der Waals surface area contributed by atoms with Crippen LogP contribution in [0, 0.1) is 17.2 Å². The van der Waals surface area contributed by atoms with Crippen LogP contribution in [0.15, 0.2) is 42.7 Å². The zero-order valence-electron chi connectivity index (χ0n) is 27.5. The maximum absolute atomic E-state index is 15.8. The summed E-state index contributed by atoms with van der Waals surface area (Å²) in [5, 5.41) is 12.5. The Balaban J connectivity index is 1.29. The average molecular weight is 718 g/mol. The Morgan fingerprint density at radius 3 is 2.52 bits per heavy atom. The van der Waals surface area contributed by atoms with Crippen molar-refractivity contribution in [3.05, 3.63) is 70.6 Å². The smallest absolute Gasteiger partial charge is 0.416 e. The summed E-state index contributed by atoms with van der Waals surface area (Å²) < 4.78 is 63.0. The van der Waals surface area contributed by atoms with Crippen LogP contribution in [-0.2, 0) is 15.7 Å². The molecule has 0 bridgehead atoms. The van der Waals surface area contributed by atoms with Gasteiger partial charge in [0.05, 0.1) is 23.8 Å². The molecule has 4 aromatic rings. The molecule has 4 N–H and O–H groups in total. The zero-order chi connectivity index (χ0) is 36.1. The minimum Gasteiger partial charge on any atom is -0.481 e. The summed E-state index contributed by atoms with van der Waals surface area (Å²) in [5.41, 5.74) is 4.68. The van der Waals surface area contributed by atoms with Gasteiger partial charge in [-0.05, 0) is 68.9 Å². The number of aromatic nitrogens is 4. The van der Waals surface area contributed by atoms with Crippen LogP contribution < -0.4 is 11.1 Å². The molecule has 0 unspecified atom stereocenters. The summed E-state index contributed by atoms with van der Waals surface area (Å²) in [7, 11) is 0. The predicted molar refractivity (Wildman–Crippen MR) is 177 cm³/mol. The van der Waals surface area contributed by atoms with Crippen LogP contribution in [0.1, 0.15) is 74.3 Å². The number of hydrogen-bond donors (Lipinski definition) is 3. The first-order valence-electron chi connectivity index (χ1n) is 16.2. The number of morpholine rings is 1. The summed E-state index contributed by atoms with van der Waals surface area (Å²) in [6.45, 7) is 6.73. The van der Waals surface area contributed by atoms with E-state index in [2.05, 4.69) is 27.1 Å². The molecule has 1 amide bonds. The largest absolute Gasteiger partial charge is 0.481 e. The SMILES string of the molecule is CC(C)C1(C(=O)O)CCC(N2C[C@H](c3nc(-c4ccc(C(=O)Nc5cc(C(F)(F)F)ccn5)cc4F)c4c(N)ncc(Cl)n34)OC[C@@H]2C)CC1. The quantitative estimate of drug-likeness (QED) is 0.174. The Labute approximate surface area is 289 Å². The van der Waals surface area contributed by atoms with Crippen LogP contribution in [0.4, 0.5) is 29.2 Å². The Morgan fingerprint density at radius 2 is 1.88 bits per heavy atom. The molecule has 6 rings (SSSR count). The van der Waals surface area contributed by atoms with Crippen molar-refractivity contribution in [1.82, 2.24) is 24.3 Å². The lowest BCUT2D eigenvalue weighted by Gasteiger charge is -2.47. The molecule has 1 aromatic carbocycles. The van der Waals surface area contributed by atoms with Crippen LogP contribution in [0.2, 0.25) is 5.15 Å². The Hall–Kier alpha value is -4.34. The average Bonchev–Trinajstić information content (AvgIpc) is 3.48. The number of nitrogens with zero attached hydrogens (tertiary/aromatic N) is 5. The van der Waals surface area contributed by atoms with Gasteiger partial charge >= 0.3 is 12.1 Å². The number of imidazole rings is 1. The lowest BCUT2D eigenvalue weighted by Crippen LogP contribution is -2.53. The summed E-state index contributed by atoms with van der Waals surface area (Å²) in [6, 6.07) is 5.18. The van der Waals surface area contributed by atoms with E-state index in [1.165, 1.54) is 18.3 Å². The molecule has 4 heterocycles. The van der Waals surface area contributed by atoms with Gasteiger partial charge in [-0.15, -0.1) is 0 Å². The summed E-state index contributed by atoms with van der Waals surface area (Å²) in [5.74, 6) is -2.45. The van der Waals surface area contributed by atoms with Crippen LogP contribution in [0.25, 0.3) is 16.8 Å². The van der Waals surface area contributed by atoms with E-state index in [9.17, 15) is 27.9 Å². The van der Waals surface area contributed by atoms with Gasteiger partial charge < -0.3 is 20.9 Å². The van der Waals surface area contributed by atoms with Crippen LogP contribution >= 0.6 is 11.6 Å². The highest BCUT2D eigenvalue weighted by Gasteiger charge is 2.47. The number of nitrogen functional groups attached to an aromatic ring is 1. The van der Waals surface area contributed by atoms with E-state index >= 15 is 4.39 Å². The van der Waals surface area contributed by atoms with E-state index in [-0.39, 0.29) is 57.1 Å². The number of nitrogens with two attached hydrogens (primary N) is 1. The van der Waals surface area contributed by atoms with Gasteiger partial charge in [0.15, 0.2) is 0 Å². The Bertz CT molecular complexity index is 1940. The number of nitrogens with one attached hydrogen (secondary N) is 1. The third-order valence-electron chi connectivity index (χ3n) is 10.1. The van der Waals surface area contributed by atoms with Gasteiger partial charge in [-0.1, -0.05) is 25.4 Å². The Kier molecular flexibility index (Phi) is 9.52. The first kappa shape index (κ1) is 35.5. The highest BCUT2D eigenvalue weighted by molar-refractivity contribution is 6.30. The standard InChI is InChI=1S/C34H36ClF4N7O4/c1-17(2)33(32(48)49)9-6-21(7-10-33)45-15-24(50-16-18(45)3)30-44-27(28-29(40)42-14-25(35)46(28)30)22-5-4-19(12-23(22)36)31(47)43-26-13-20(8-11-41-26)34(37,38)39/h4-5,8,11-14,17-18,21,24H,6-7,9-10,15-16H2,1-3H3,(H2,40,42)(H,48,49)(H,41,43,47)/t18-,21?,24+,33?/m0/s1. The van der Waals surface area contributed by atoms with Gasteiger partial charge in [0.2, 0.25) is 0 Å². The second kappa shape index (κ2) is 13.4. The van der Waals surface area contributed by atoms with Crippen molar-refractivity contribution in [2.75, 3.05) is 24.2 Å². The van der Waals surface area contributed by atoms with Crippen molar-refractivity contribution in [3.8, 4) is 11.3 Å². The number of benzene rings is 1. The molecule has 0 spiro atoms. The number of carboxylic acids is 1. The number of anilines is 2. The van der Waals surface area contributed by atoms with Crippen LogP contribution in [-0.4, -0.2) is 66.5 Å². The number of hydrogen-bond acceptors (Lipinski definition) is 8. The first-order valence-corrected chi connectivity index (χ1v) is 16.6. The van der Waals surface area contributed by atoms with Crippen molar-refractivity contribution in [1.29, 1.82) is 0 Å². The minimum atomic E-state index is -4.64. The number of ether oxygens (including phenoxy) is 1. The Morgan fingerprint density at radius 1 is 1.16 bits per heavy atom. The topological polar surface area (TPSA) is 148 Å². The van der Waals surface area contributed by atoms with Crippen LogP contribution in [0.5, 0.6) is 0 Å². The van der Waals surface area contributed by atoms with E-state index in [1.54, 1.807) is 4.40 Å². The number of carbonyl (C=O) groups is 2. The number of carboxylic acid groups (broad SMARTS) is 1. The van der Waals surface area contributed by atoms with Gasteiger partial charge in [0.25, 0.3) is 5.91 Å². The highest BCUT2D eigenvalue weighted by Crippen LogP contribution is 2.45. The fourth-order valence-electron chi connectivity index (χ4n) is 7.18. The fourth-order valence-corrected chi connectivity index (χ4v) is 7.40. The monoisotopic (exact) mass is 717 g/mol. The zero-order valence-corrected chi connectivity index (χ0v) is 28.2. The van der Waals surface area contributed by atoms with Crippen molar-refractivity contribution in [2.24, 2.45) is 11.3 Å². The molecule has 266 valence electrons. The van der Waals surface area contributed by atoms with Crippen molar-refractivity contribution in [2.45, 2.75) is 70.8 Å². The maximum Gasteiger partial charge on any atom is 0.416 e. The van der Waals surface area contributed by atoms with Crippen molar-refractivity contribution < 1.29 is 37.0 Å². The van der Waals surface area contributed by atoms with Crippen molar-refractivity contribution in [3.63, 3.8) is 0 Å². The summed E-state index contributed by atoms with van der Waals surface area (Å²) >= 11 is 6.64. The lowest BCUT2D eigenvalue weighted by atomic mass is 9.65. The molecule has 2 atom stereocenters. The van der Waals surface area contributed by atoms with E-state index in [0.717, 1.165) is 18.3 Å². The van der Waals surface area contributed by atoms with Crippen molar-refractivity contribution >= 4 is 40.6 Å². The van der Waals surface area contributed by atoms with Gasteiger partial charge in [-0.3, -0.25) is 18.9 Å². The number of aliphatic carboxylic acids is 1. The molecule has 2 aliphatic rings. The normalized spacial score (nSPS) is 23.3. The van der Waals surface area contributed by atoms with E-state index in [0.29, 0.717) is 50.7 Å². The number of alkyl halides is 3. The fraction of sp³-hybridized carbons (Fsp3) is 0.441. The number of rotatable bonds is 7. The number of fused-ring (bicyclic) bond motifs is 1.